The zero-order valence-electron chi connectivity index (χ0n) is 15.3. The van der Waals surface area contributed by atoms with E-state index < -0.39 is 11.6 Å². The fourth-order valence-electron chi connectivity index (χ4n) is 3.17. The Morgan fingerprint density at radius 3 is 2.37 bits per heavy atom. The molecule has 5 rings (SSSR count). The van der Waals surface area contributed by atoms with Crippen molar-refractivity contribution in [2.75, 3.05) is 0 Å². The van der Waals surface area contributed by atoms with Crippen molar-refractivity contribution in [3.05, 3.63) is 94.8 Å². The molecule has 0 aliphatic heterocycles. The lowest BCUT2D eigenvalue weighted by Crippen LogP contribution is -2.22. The molecule has 0 radical (unpaired) electrons. The summed E-state index contributed by atoms with van der Waals surface area (Å²) in [6, 6.07) is 18.1. The SMILES string of the molecule is O=c1c2ccccc2c(-c2nc(-c3cccc(F)c3)no2)nn1-c1ccc(F)cc1. The van der Waals surface area contributed by atoms with Crippen LogP contribution in [0.4, 0.5) is 8.78 Å². The maximum absolute atomic E-state index is 13.5. The second kappa shape index (κ2) is 7.00. The minimum atomic E-state index is -0.426. The fraction of sp³-hybridized carbons (Fsp3) is 0. The number of hydrogen-bond acceptors (Lipinski definition) is 5. The molecule has 8 heteroatoms. The molecule has 2 heterocycles. The minimum absolute atomic E-state index is 0.0707. The van der Waals surface area contributed by atoms with Crippen LogP contribution < -0.4 is 5.56 Å². The molecule has 0 N–H and O–H groups in total. The van der Waals surface area contributed by atoms with Gasteiger partial charge in [0.2, 0.25) is 5.82 Å². The first-order chi connectivity index (χ1) is 14.6. The molecule has 2 aromatic heterocycles. The van der Waals surface area contributed by atoms with Crippen molar-refractivity contribution in [1.82, 2.24) is 19.9 Å². The summed E-state index contributed by atoms with van der Waals surface area (Å²) in [5, 5.41) is 9.23. The van der Waals surface area contributed by atoms with E-state index in [2.05, 4.69) is 15.2 Å². The van der Waals surface area contributed by atoms with Gasteiger partial charge in [-0.2, -0.15) is 14.8 Å². The van der Waals surface area contributed by atoms with Crippen molar-refractivity contribution in [2.45, 2.75) is 0 Å². The number of rotatable bonds is 3. The van der Waals surface area contributed by atoms with Crippen LogP contribution in [0.1, 0.15) is 0 Å². The largest absolute Gasteiger partial charge is 0.332 e. The smallest absolute Gasteiger partial charge is 0.279 e. The Morgan fingerprint density at radius 2 is 1.60 bits per heavy atom. The molecule has 5 aromatic rings. The Morgan fingerprint density at radius 1 is 0.833 bits per heavy atom. The number of nitrogens with zero attached hydrogens (tertiary/aromatic N) is 4. The van der Waals surface area contributed by atoms with E-state index in [1.807, 2.05) is 0 Å². The third-order valence-corrected chi connectivity index (χ3v) is 4.59. The highest BCUT2D eigenvalue weighted by Gasteiger charge is 2.19. The van der Waals surface area contributed by atoms with Gasteiger partial charge in [-0.05, 0) is 42.5 Å². The molecule has 0 bridgehead atoms. The summed E-state index contributed by atoms with van der Waals surface area (Å²) in [5.74, 6) is -0.590. The number of benzene rings is 3. The van der Waals surface area contributed by atoms with Gasteiger partial charge in [0, 0.05) is 10.9 Å². The van der Waals surface area contributed by atoms with Crippen LogP contribution in [-0.4, -0.2) is 19.9 Å². The molecule has 0 aliphatic carbocycles. The van der Waals surface area contributed by atoms with E-state index in [1.54, 1.807) is 36.4 Å². The number of fused-ring (bicyclic) bond motifs is 1. The predicted molar refractivity (Wildman–Crippen MR) is 106 cm³/mol. The van der Waals surface area contributed by atoms with Gasteiger partial charge in [0.25, 0.3) is 11.4 Å². The summed E-state index contributed by atoms with van der Waals surface area (Å²) in [7, 11) is 0. The van der Waals surface area contributed by atoms with Crippen LogP contribution in [0.15, 0.2) is 82.1 Å². The second-order valence-corrected chi connectivity index (χ2v) is 6.52. The van der Waals surface area contributed by atoms with Gasteiger partial charge in [-0.3, -0.25) is 4.79 Å². The molecule has 30 heavy (non-hydrogen) atoms. The molecular weight excluding hydrogens is 390 g/mol. The van der Waals surface area contributed by atoms with Crippen molar-refractivity contribution in [3.63, 3.8) is 0 Å². The number of aromatic nitrogens is 4. The fourth-order valence-corrected chi connectivity index (χ4v) is 3.17. The summed E-state index contributed by atoms with van der Waals surface area (Å²) < 4.78 is 33.4. The molecule has 0 aliphatic rings. The van der Waals surface area contributed by atoms with Crippen LogP contribution in [0, 0.1) is 11.6 Å². The summed E-state index contributed by atoms with van der Waals surface area (Å²) in [4.78, 5) is 17.3. The van der Waals surface area contributed by atoms with Crippen molar-refractivity contribution < 1.29 is 13.3 Å². The van der Waals surface area contributed by atoms with Crippen LogP contribution in [0.25, 0.3) is 39.4 Å². The van der Waals surface area contributed by atoms with Crippen molar-refractivity contribution in [1.29, 1.82) is 0 Å². The van der Waals surface area contributed by atoms with E-state index in [0.717, 1.165) is 4.68 Å². The number of halogens is 2. The van der Waals surface area contributed by atoms with Crippen LogP contribution in [0.3, 0.4) is 0 Å². The predicted octanol–water partition coefficient (Wildman–Crippen LogP) is 4.38. The van der Waals surface area contributed by atoms with Crippen LogP contribution in [-0.2, 0) is 0 Å². The molecule has 0 amide bonds. The van der Waals surface area contributed by atoms with Gasteiger partial charge in [0.1, 0.15) is 11.6 Å². The Hall–Kier alpha value is -4.20. The van der Waals surface area contributed by atoms with Crippen molar-refractivity contribution >= 4 is 10.8 Å². The maximum Gasteiger partial charge on any atom is 0.279 e. The van der Waals surface area contributed by atoms with Gasteiger partial charge in [-0.25, -0.2) is 8.78 Å². The van der Waals surface area contributed by atoms with Crippen LogP contribution in [0.5, 0.6) is 0 Å². The average Bonchev–Trinajstić information content (AvgIpc) is 3.25. The molecule has 0 atom stereocenters. The van der Waals surface area contributed by atoms with E-state index in [1.165, 1.54) is 36.4 Å². The molecular formula is C22H12F2N4O2. The lowest BCUT2D eigenvalue weighted by Gasteiger charge is -2.09. The van der Waals surface area contributed by atoms with E-state index in [-0.39, 0.29) is 23.0 Å². The lowest BCUT2D eigenvalue weighted by molar-refractivity contribution is 0.430. The first-order valence-corrected chi connectivity index (χ1v) is 8.98. The monoisotopic (exact) mass is 402 g/mol. The summed E-state index contributed by atoms with van der Waals surface area (Å²) >= 11 is 0. The number of hydrogen-bond donors (Lipinski definition) is 0. The highest BCUT2D eigenvalue weighted by Crippen LogP contribution is 2.26. The maximum atomic E-state index is 13.5. The standard InChI is InChI=1S/C22H12F2N4O2/c23-14-8-10-16(11-9-14)28-22(29)18-7-2-1-6-17(18)19(26-28)21-25-20(27-30-21)13-4-3-5-15(24)12-13/h1-12H. The van der Waals surface area contributed by atoms with Crippen LogP contribution in [0.2, 0.25) is 0 Å². The zero-order valence-corrected chi connectivity index (χ0v) is 15.3. The molecule has 6 nitrogen and oxygen atoms in total. The van der Waals surface area contributed by atoms with Crippen LogP contribution >= 0.6 is 0 Å². The minimum Gasteiger partial charge on any atom is -0.332 e. The highest BCUT2D eigenvalue weighted by molar-refractivity contribution is 5.92. The average molecular weight is 402 g/mol. The lowest BCUT2D eigenvalue weighted by atomic mass is 10.1. The molecule has 0 saturated carbocycles. The Labute approximate surface area is 168 Å². The zero-order chi connectivity index (χ0) is 20.7. The van der Waals surface area contributed by atoms with Gasteiger partial charge >= 0.3 is 0 Å². The quantitative estimate of drug-likeness (QED) is 0.448. The first kappa shape index (κ1) is 17.9. The molecule has 146 valence electrons. The van der Waals surface area contributed by atoms with Crippen molar-refractivity contribution in [3.8, 4) is 28.7 Å². The Balaban J connectivity index is 1.72. The van der Waals surface area contributed by atoms with E-state index in [0.29, 0.717) is 22.0 Å². The molecule has 0 spiro atoms. The first-order valence-electron chi connectivity index (χ1n) is 8.98. The Kier molecular flexibility index (Phi) is 4.17. The van der Waals surface area contributed by atoms with E-state index in [9.17, 15) is 13.6 Å². The topological polar surface area (TPSA) is 73.8 Å². The summed E-state index contributed by atoms with van der Waals surface area (Å²) in [5.41, 5.74) is 0.745. The molecule has 0 unspecified atom stereocenters. The molecule has 3 aromatic carbocycles. The van der Waals surface area contributed by atoms with Gasteiger partial charge in [0.15, 0.2) is 5.69 Å². The summed E-state index contributed by atoms with van der Waals surface area (Å²) in [6.45, 7) is 0. The van der Waals surface area contributed by atoms with Gasteiger partial charge < -0.3 is 4.52 Å². The second-order valence-electron chi connectivity index (χ2n) is 6.52. The molecule has 0 fully saturated rings. The van der Waals surface area contributed by atoms with Gasteiger partial charge in [-0.1, -0.05) is 35.5 Å². The normalized spacial score (nSPS) is 11.1. The van der Waals surface area contributed by atoms with Crippen molar-refractivity contribution in [2.24, 2.45) is 0 Å². The highest BCUT2D eigenvalue weighted by atomic mass is 19.1. The van der Waals surface area contributed by atoms with E-state index in [4.69, 9.17) is 4.52 Å². The van der Waals surface area contributed by atoms with Gasteiger partial charge in [-0.15, -0.1) is 0 Å². The molecule has 0 saturated heterocycles. The summed E-state index contributed by atoms with van der Waals surface area (Å²) in [6.07, 6.45) is 0. The third-order valence-electron chi connectivity index (χ3n) is 4.59. The van der Waals surface area contributed by atoms with Gasteiger partial charge in [0.05, 0.1) is 11.1 Å². The third kappa shape index (κ3) is 3.04. The Bertz CT molecular complexity index is 1440. The van der Waals surface area contributed by atoms with E-state index >= 15 is 0 Å².